The van der Waals surface area contributed by atoms with Gasteiger partial charge in [0.2, 0.25) is 0 Å². The third kappa shape index (κ3) is 4.84. The van der Waals surface area contributed by atoms with Gasteiger partial charge in [-0.15, -0.1) is 5.10 Å². The van der Waals surface area contributed by atoms with Gasteiger partial charge in [0, 0.05) is 29.2 Å². The zero-order chi connectivity index (χ0) is 25.9. The monoisotopic (exact) mass is 513 g/mol. The van der Waals surface area contributed by atoms with Crippen LogP contribution in [0.3, 0.4) is 0 Å². The number of rotatable bonds is 8. The number of hydrogen-bond acceptors (Lipinski definition) is 5. The first-order valence-corrected chi connectivity index (χ1v) is 12.7. The summed E-state index contributed by atoms with van der Waals surface area (Å²) in [7, 11) is 0. The van der Waals surface area contributed by atoms with Gasteiger partial charge in [0.25, 0.3) is 0 Å². The smallest absolute Gasteiger partial charge is 0.290 e. The van der Waals surface area contributed by atoms with Gasteiger partial charge in [-0.2, -0.15) is 0 Å². The Morgan fingerprint density at radius 2 is 1.84 bits per heavy atom. The first kappa shape index (κ1) is 24.6. The van der Waals surface area contributed by atoms with Crippen LogP contribution in [0.2, 0.25) is 5.02 Å². The minimum atomic E-state index is -0.118. The molecule has 2 aromatic carbocycles. The molecule has 9 heteroatoms. The highest BCUT2D eigenvalue weighted by molar-refractivity contribution is 6.32. The molecule has 0 aliphatic carbocycles. The summed E-state index contributed by atoms with van der Waals surface area (Å²) >= 11 is 6.61. The van der Waals surface area contributed by atoms with Crippen molar-refractivity contribution < 1.29 is 0 Å². The molecule has 3 aromatic heterocycles. The van der Waals surface area contributed by atoms with E-state index in [1.807, 2.05) is 67.0 Å². The van der Waals surface area contributed by atoms with E-state index in [1.54, 1.807) is 9.13 Å². The Morgan fingerprint density at radius 1 is 1.03 bits per heavy atom. The molecule has 0 saturated heterocycles. The third-order valence-electron chi connectivity index (χ3n) is 6.43. The van der Waals surface area contributed by atoms with E-state index in [0.717, 1.165) is 52.2 Å². The van der Waals surface area contributed by atoms with Gasteiger partial charge in [-0.05, 0) is 46.0 Å². The highest BCUT2D eigenvalue weighted by Gasteiger charge is 2.19. The predicted molar refractivity (Wildman–Crippen MR) is 145 cm³/mol. The average Bonchev–Trinajstić information content (AvgIpc) is 3.54. The van der Waals surface area contributed by atoms with E-state index in [2.05, 4.69) is 41.4 Å². The second-order valence-electron chi connectivity index (χ2n) is 9.28. The average molecular weight is 514 g/mol. The van der Waals surface area contributed by atoms with Gasteiger partial charge in [-0.1, -0.05) is 81.3 Å². The summed E-state index contributed by atoms with van der Waals surface area (Å²) in [6, 6.07) is 17.6. The first-order valence-electron chi connectivity index (χ1n) is 12.4. The number of pyridine rings is 1. The van der Waals surface area contributed by atoms with Gasteiger partial charge in [-0.3, -0.25) is 14.1 Å². The van der Waals surface area contributed by atoms with Crippen molar-refractivity contribution in [1.29, 1.82) is 0 Å². The van der Waals surface area contributed by atoms with Crippen molar-refractivity contribution in [3.05, 3.63) is 99.4 Å². The van der Waals surface area contributed by atoms with Crippen LogP contribution in [-0.2, 0) is 13.0 Å². The Kier molecular flexibility index (Phi) is 7.01. The molecule has 0 radical (unpaired) electrons. The molecule has 0 amide bonds. The van der Waals surface area contributed by atoms with E-state index < -0.39 is 0 Å². The lowest BCUT2D eigenvalue weighted by Crippen LogP contribution is -2.26. The largest absolute Gasteiger partial charge is 0.333 e. The van der Waals surface area contributed by atoms with E-state index in [0.29, 0.717) is 17.4 Å². The number of aromatic nitrogens is 7. The molecule has 1 N–H and O–H groups in total. The van der Waals surface area contributed by atoms with E-state index in [-0.39, 0.29) is 11.6 Å². The number of benzene rings is 2. The molecule has 3 heterocycles. The molecule has 0 aliphatic heterocycles. The molecule has 0 atom stereocenters. The van der Waals surface area contributed by atoms with E-state index in [1.165, 1.54) is 0 Å². The lowest BCUT2D eigenvalue weighted by Gasteiger charge is -2.14. The van der Waals surface area contributed by atoms with Crippen molar-refractivity contribution in [2.45, 2.75) is 46.1 Å². The molecule has 5 aromatic rings. The van der Waals surface area contributed by atoms with Crippen LogP contribution < -0.4 is 5.69 Å². The molecule has 5 rings (SSSR count). The summed E-state index contributed by atoms with van der Waals surface area (Å²) in [6.07, 6.45) is 5.45. The molecular formula is C28H28ClN7O. The van der Waals surface area contributed by atoms with Crippen LogP contribution in [-0.4, -0.2) is 34.7 Å². The number of nitrogens with one attached hydrogen (secondary N) is 1. The standard InChI is InChI=1S/C28H28ClN7O/c1-4-8-21-17-36(26-22(18(2)3)11-7-12-25(26)29)28(37)35(21)16-20-14-13-19(15-30-20)23-9-5-6-10-24(23)27-31-33-34-32-27/h5-7,9-15,17-18H,4,8,16H2,1-3H3,(H,31,32,33,34). The fourth-order valence-corrected chi connectivity index (χ4v) is 4.89. The zero-order valence-corrected chi connectivity index (χ0v) is 21.8. The number of nitrogens with zero attached hydrogens (tertiary/aromatic N) is 6. The normalized spacial score (nSPS) is 11.4. The minimum absolute atomic E-state index is 0.118. The molecular weight excluding hydrogens is 486 g/mol. The van der Waals surface area contributed by atoms with Crippen molar-refractivity contribution in [2.75, 3.05) is 0 Å². The van der Waals surface area contributed by atoms with E-state index in [4.69, 9.17) is 16.6 Å². The van der Waals surface area contributed by atoms with Gasteiger partial charge in [-0.25, -0.2) is 9.89 Å². The highest BCUT2D eigenvalue weighted by atomic mass is 35.5. The lowest BCUT2D eigenvalue weighted by atomic mass is 10.0. The maximum atomic E-state index is 13.7. The second kappa shape index (κ2) is 10.5. The van der Waals surface area contributed by atoms with Crippen LogP contribution in [0, 0.1) is 0 Å². The van der Waals surface area contributed by atoms with E-state index in [9.17, 15) is 4.79 Å². The van der Waals surface area contributed by atoms with Crippen molar-refractivity contribution in [2.24, 2.45) is 0 Å². The van der Waals surface area contributed by atoms with Crippen LogP contribution in [0.5, 0.6) is 0 Å². The van der Waals surface area contributed by atoms with E-state index >= 15 is 0 Å². The number of halogens is 1. The summed E-state index contributed by atoms with van der Waals surface area (Å²) in [5.41, 5.74) is 6.22. The summed E-state index contributed by atoms with van der Waals surface area (Å²) in [6.45, 7) is 6.69. The Balaban J connectivity index is 1.51. The number of imidazole rings is 1. The van der Waals surface area contributed by atoms with Gasteiger partial charge in [0.15, 0.2) is 5.82 Å². The number of aromatic amines is 1. The topological polar surface area (TPSA) is 94.3 Å². The zero-order valence-electron chi connectivity index (χ0n) is 21.0. The quantitative estimate of drug-likeness (QED) is 0.289. The molecule has 37 heavy (non-hydrogen) atoms. The molecule has 0 fully saturated rings. The fraction of sp³-hybridized carbons (Fsp3) is 0.250. The van der Waals surface area contributed by atoms with Crippen LogP contribution >= 0.6 is 11.6 Å². The van der Waals surface area contributed by atoms with Crippen molar-refractivity contribution >= 4 is 11.6 Å². The highest BCUT2D eigenvalue weighted by Crippen LogP contribution is 2.30. The van der Waals surface area contributed by atoms with Crippen LogP contribution in [0.15, 0.2) is 71.8 Å². The molecule has 188 valence electrons. The number of hydrogen-bond donors (Lipinski definition) is 1. The second-order valence-corrected chi connectivity index (χ2v) is 9.68. The summed E-state index contributed by atoms with van der Waals surface area (Å²) in [4.78, 5) is 18.4. The maximum absolute atomic E-state index is 13.7. The van der Waals surface area contributed by atoms with Crippen LogP contribution in [0.1, 0.15) is 50.1 Å². The lowest BCUT2D eigenvalue weighted by molar-refractivity contribution is 0.678. The van der Waals surface area contributed by atoms with Crippen molar-refractivity contribution in [1.82, 2.24) is 34.7 Å². The maximum Gasteiger partial charge on any atom is 0.333 e. The number of aryl methyl sites for hydroxylation is 1. The number of para-hydroxylation sites is 1. The predicted octanol–water partition coefficient (Wildman–Crippen LogP) is 5.66. The van der Waals surface area contributed by atoms with Crippen LogP contribution in [0.4, 0.5) is 0 Å². The number of H-pyrrole nitrogens is 1. The molecule has 0 spiro atoms. The summed E-state index contributed by atoms with van der Waals surface area (Å²) < 4.78 is 3.49. The molecule has 0 unspecified atom stereocenters. The Labute approximate surface area is 220 Å². The molecule has 0 bridgehead atoms. The Hall–Kier alpha value is -4.04. The van der Waals surface area contributed by atoms with Gasteiger partial charge < -0.3 is 0 Å². The summed E-state index contributed by atoms with van der Waals surface area (Å²) in [5, 5.41) is 14.8. The van der Waals surface area contributed by atoms with Gasteiger partial charge in [0.1, 0.15) is 0 Å². The number of tetrazole rings is 1. The van der Waals surface area contributed by atoms with Crippen LogP contribution in [0.25, 0.3) is 28.2 Å². The minimum Gasteiger partial charge on any atom is -0.290 e. The summed E-state index contributed by atoms with van der Waals surface area (Å²) in [5.74, 6) is 0.820. The van der Waals surface area contributed by atoms with Crippen molar-refractivity contribution in [3.63, 3.8) is 0 Å². The van der Waals surface area contributed by atoms with Gasteiger partial charge in [0.05, 0.1) is 22.9 Å². The molecule has 0 saturated carbocycles. The first-order chi connectivity index (χ1) is 18.0. The molecule has 0 aliphatic rings. The fourth-order valence-electron chi connectivity index (χ4n) is 4.62. The Bertz CT molecular complexity index is 1570. The SMILES string of the molecule is CCCc1cn(-c2c(Cl)cccc2C(C)C)c(=O)n1Cc1ccc(-c2ccccc2-c2nnn[nH]2)cn1. The van der Waals surface area contributed by atoms with Crippen molar-refractivity contribution in [3.8, 4) is 28.2 Å². The Morgan fingerprint density at radius 3 is 2.51 bits per heavy atom. The third-order valence-corrected chi connectivity index (χ3v) is 6.74. The molecule has 8 nitrogen and oxygen atoms in total. The van der Waals surface area contributed by atoms with Gasteiger partial charge >= 0.3 is 5.69 Å².